The molecule has 0 aromatic rings. The van der Waals surface area contributed by atoms with Gasteiger partial charge in [0.1, 0.15) is 73.2 Å². The second-order valence-electron chi connectivity index (χ2n) is 21.7. The van der Waals surface area contributed by atoms with Gasteiger partial charge >= 0.3 is 0 Å². The molecule has 4 saturated heterocycles. The molecule has 20 nitrogen and oxygen atoms in total. The van der Waals surface area contributed by atoms with Gasteiger partial charge in [0, 0.05) is 25.4 Å². The van der Waals surface area contributed by atoms with E-state index in [9.17, 15) is 61.3 Å². The first kappa shape index (κ1) is 51.6. The SMILES string of the molecule is COC1(CC[C@H](C)CO[C@@H]2O[C@H](CO)[C@@H](O)[C@H](O)[C@H]2O)O[C@H]2[C@H](O)[C@H]3[C@@H]4CC[C@@H]5C[C@@H](O[C@@H]6O[C@H](CO)[C@H](O)[C@H](O)[C@H]6O[C@@H]6O[C@H](CO)[C@@H](O)[C@H](O)[C@H]6O)CC[C@]5(C)[C@H]4CC[C@]3(C)[C@H]2[C@@H]1C. The predicted octanol–water partition coefficient (Wildman–Crippen LogP) is -2.15. The molecule has 4 saturated carbocycles. The maximum atomic E-state index is 12.4. The van der Waals surface area contributed by atoms with Gasteiger partial charge in [0.2, 0.25) is 0 Å². The Kier molecular flexibility index (Phi) is 15.6. The number of ether oxygens (including phenoxy) is 8. The van der Waals surface area contributed by atoms with Crippen molar-refractivity contribution in [2.75, 3.05) is 33.5 Å². The first-order chi connectivity index (χ1) is 31.3. The third kappa shape index (κ3) is 8.75. The van der Waals surface area contributed by atoms with Crippen LogP contribution < -0.4 is 0 Å². The van der Waals surface area contributed by atoms with Crippen LogP contribution in [0.2, 0.25) is 0 Å². The molecule has 0 spiro atoms. The molecule has 28 atom stereocenters. The molecule has 0 amide bonds. The van der Waals surface area contributed by atoms with Crippen molar-refractivity contribution in [2.24, 2.45) is 52.3 Å². The molecule has 4 aliphatic carbocycles. The van der Waals surface area contributed by atoms with Gasteiger partial charge in [-0.15, -0.1) is 0 Å². The Hall–Kier alpha value is -0.800. The average Bonchev–Trinajstić information content (AvgIpc) is 3.73. The van der Waals surface area contributed by atoms with Gasteiger partial charge in [0.15, 0.2) is 24.7 Å². The fourth-order valence-electron chi connectivity index (χ4n) is 14.5. The van der Waals surface area contributed by atoms with Crippen molar-refractivity contribution in [1.82, 2.24) is 0 Å². The number of aliphatic hydroxyl groups is 12. The standard InChI is InChI=1S/C46H78O20/c1-19(18-60-41-37(57)34(54)30(50)25(15-47)62-41)8-13-46(59-5)20(2)28-39(66-46)33(53)29-23-7-6-21-14-22(9-11-44(21,3)24(23)10-12-45(28,29)4)61-43-40(36(56)32(52)27(17-49)64-43)65-42-38(58)35(55)31(51)26(16-48)63-42/h19-43,47-58H,6-18H2,1-5H3/t19-,20-,21+,22-,23+,24-,25+,26+,27+,28-,29+,30+,31+,32-,33+,34-,35-,36-,37+,38+,39+,40+,41+,42-,43+,44-,45+,46?/m0/s1. The minimum Gasteiger partial charge on any atom is -0.394 e. The van der Waals surface area contributed by atoms with Gasteiger partial charge in [-0.25, -0.2) is 0 Å². The van der Waals surface area contributed by atoms with Gasteiger partial charge in [-0.3, -0.25) is 0 Å². The predicted molar refractivity (Wildman–Crippen MR) is 225 cm³/mol. The smallest absolute Gasteiger partial charge is 0.187 e. The van der Waals surface area contributed by atoms with Gasteiger partial charge < -0.3 is 99.2 Å². The highest BCUT2D eigenvalue weighted by Gasteiger charge is 2.72. The molecular weight excluding hydrogens is 872 g/mol. The van der Waals surface area contributed by atoms with Crippen molar-refractivity contribution in [1.29, 1.82) is 0 Å². The highest BCUT2D eigenvalue weighted by Crippen LogP contribution is 2.71. The number of methoxy groups -OCH3 is 1. The molecule has 66 heavy (non-hydrogen) atoms. The molecule has 12 N–H and O–H groups in total. The topological polar surface area (TPSA) is 317 Å². The van der Waals surface area contributed by atoms with E-state index in [0.29, 0.717) is 31.6 Å². The number of hydrogen-bond donors (Lipinski definition) is 12. The zero-order chi connectivity index (χ0) is 47.8. The van der Waals surface area contributed by atoms with E-state index in [1.54, 1.807) is 7.11 Å². The van der Waals surface area contributed by atoms with Crippen molar-refractivity contribution < 1.29 is 99.2 Å². The minimum atomic E-state index is -1.76. The summed E-state index contributed by atoms with van der Waals surface area (Å²) in [5.74, 6) is -0.0474. The zero-order valence-electron chi connectivity index (χ0n) is 38.8. The third-order valence-electron chi connectivity index (χ3n) is 18.3. The van der Waals surface area contributed by atoms with Crippen LogP contribution >= 0.6 is 0 Å². The van der Waals surface area contributed by atoms with Gasteiger partial charge in [-0.2, -0.15) is 0 Å². The lowest BCUT2D eigenvalue weighted by molar-refractivity contribution is -0.373. The van der Waals surface area contributed by atoms with E-state index in [-0.39, 0.29) is 59.0 Å². The highest BCUT2D eigenvalue weighted by atomic mass is 16.8. The van der Waals surface area contributed by atoms with Crippen molar-refractivity contribution >= 4 is 0 Å². The Morgan fingerprint density at radius 1 is 0.621 bits per heavy atom. The van der Waals surface area contributed by atoms with Crippen LogP contribution in [0.1, 0.15) is 85.5 Å². The molecule has 8 aliphatic rings. The Morgan fingerprint density at radius 2 is 1.20 bits per heavy atom. The molecule has 20 heteroatoms. The Balaban J connectivity index is 0.896. The lowest BCUT2D eigenvalue weighted by atomic mass is 9.44. The summed E-state index contributed by atoms with van der Waals surface area (Å²) < 4.78 is 48.5. The summed E-state index contributed by atoms with van der Waals surface area (Å²) in [5.41, 5.74) is -0.254. The molecule has 4 aliphatic heterocycles. The van der Waals surface area contributed by atoms with Crippen LogP contribution in [0.3, 0.4) is 0 Å². The van der Waals surface area contributed by atoms with Crippen LogP contribution in [-0.4, -0.2) is 211 Å². The molecule has 4 heterocycles. The number of fused-ring (bicyclic) bond motifs is 7. The van der Waals surface area contributed by atoms with E-state index in [1.807, 2.05) is 6.92 Å². The minimum absolute atomic E-state index is 0.0282. The lowest BCUT2D eigenvalue weighted by Crippen LogP contribution is -2.65. The molecular formula is C46H78O20. The monoisotopic (exact) mass is 951 g/mol. The van der Waals surface area contributed by atoms with Crippen molar-refractivity contribution in [3.8, 4) is 0 Å². The molecule has 0 aromatic heterocycles. The number of rotatable bonds is 14. The summed E-state index contributed by atoms with van der Waals surface area (Å²) >= 11 is 0. The maximum Gasteiger partial charge on any atom is 0.187 e. The van der Waals surface area contributed by atoms with Crippen LogP contribution in [0.25, 0.3) is 0 Å². The summed E-state index contributed by atoms with van der Waals surface area (Å²) in [6.07, 6.45) is -16.3. The van der Waals surface area contributed by atoms with Crippen LogP contribution in [0, 0.1) is 52.3 Å². The van der Waals surface area contributed by atoms with E-state index in [2.05, 4.69) is 20.8 Å². The van der Waals surface area contributed by atoms with Crippen LogP contribution in [0.5, 0.6) is 0 Å². The van der Waals surface area contributed by atoms with Crippen molar-refractivity contribution in [3.63, 3.8) is 0 Å². The average molecular weight is 951 g/mol. The molecule has 0 radical (unpaired) electrons. The Labute approximate surface area is 386 Å². The summed E-state index contributed by atoms with van der Waals surface area (Å²) in [5, 5.41) is 126. The van der Waals surface area contributed by atoms with Crippen LogP contribution in [0.15, 0.2) is 0 Å². The van der Waals surface area contributed by atoms with E-state index in [1.165, 1.54) is 0 Å². The Bertz CT molecular complexity index is 1610. The Morgan fingerprint density at radius 3 is 1.82 bits per heavy atom. The second kappa shape index (κ2) is 20.0. The molecule has 0 bridgehead atoms. The highest BCUT2D eigenvalue weighted by molar-refractivity contribution is 5.18. The summed E-state index contributed by atoms with van der Waals surface area (Å²) in [4.78, 5) is 0. The van der Waals surface area contributed by atoms with Gasteiger partial charge in [0.05, 0.1) is 44.7 Å². The van der Waals surface area contributed by atoms with Crippen LogP contribution in [0.4, 0.5) is 0 Å². The van der Waals surface area contributed by atoms with Crippen molar-refractivity contribution in [3.05, 3.63) is 0 Å². The molecule has 0 aromatic carbocycles. The fourth-order valence-corrected chi connectivity index (χ4v) is 14.5. The summed E-state index contributed by atoms with van der Waals surface area (Å²) in [6, 6.07) is 0. The van der Waals surface area contributed by atoms with Gasteiger partial charge in [-0.1, -0.05) is 27.7 Å². The number of hydrogen-bond acceptors (Lipinski definition) is 20. The quantitative estimate of drug-likeness (QED) is 0.0826. The molecule has 1 unspecified atom stereocenters. The van der Waals surface area contributed by atoms with E-state index >= 15 is 0 Å². The van der Waals surface area contributed by atoms with E-state index in [0.717, 1.165) is 32.1 Å². The van der Waals surface area contributed by atoms with E-state index < -0.39 is 130 Å². The first-order valence-electron chi connectivity index (χ1n) is 24.4. The van der Waals surface area contributed by atoms with Gasteiger partial charge in [-0.05, 0) is 91.8 Å². The zero-order valence-corrected chi connectivity index (χ0v) is 38.8. The molecule has 8 fully saturated rings. The fraction of sp³-hybridized carbons (Fsp3) is 1.00. The lowest BCUT2D eigenvalue weighted by Gasteiger charge is -2.61. The molecule has 382 valence electrons. The second-order valence-corrected chi connectivity index (χ2v) is 21.7. The maximum absolute atomic E-state index is 12.4. The normalized spacial score (nSPS) is 55.4. The first-order valence-corrected chi connectivity index (χ1v) is 24.4. The summed E-state index contributed by atoms with van der Waals surface area (Å²) in [6.45, 7) is 7.20. The van der Waals surface area contributed by atoms with E-state index in [4.69, 9.17) is 37.9 Å². The number of aliphatic hydroxyl groups excluding tert-OH is 12. The molecule has 8 rings (SSSR count). The third-order valence-corrected chi connectivity index (χ3v) is 18.3. The van der Waals surface area contributed by atoms with Crippen molar-refractivity contribution in [2.45, 2.75) is 202 Å². The van der Waals surface area contributed by atoms with Gasteiger partial charge in [0.25, 0.3) is 0 Å². The largest absolute Gasteiger partial charge is 0.394 e. The summed E-state index contributed by atoms with van der Waals surface area (Å²) in [7, 11) is 1.65. The van der Waals surface area contributed by atoms with Crippen LogP contribution in [-0.2, 0) is 37.9 Å².